The summed E-state index contributed by atoms with van der Waals surface area (Å²) in [5, 5.41) is 0. The largest absolute Gasteiger partial charge is 0.469 e. The van der Waals surface area contributed by atoms with Gasteiger partial charge in [0.2, 0.25) is 0 Å². The Labute approximate surface area is 135 Å². The molecule has 126 valence electrons. The van der Waals surface area contributed by atoms with Crippen molar-refractivity contribution in [3.63, 3.8) is 0 Å². The van der Waals surface area contributed by atoms with Crippen molar-refractivity contribution in [2.45, 2.75) is 84.0 Å². The summed E-state index contributed by atoms with van der Waals surface area (Å²) < 4.78 is 10.5. The standard InChI is InChI=1S/C19H32O3/c1-3-4-9-12-17-15-16-18(22-17)13-10-7-5-6-8-11-14-19(20)21-2/h15-16H,3-14H2,1-2H3. The second kappa shape index (κ2) is 12.3. The predicted molar refractivity (Wildman–Crippen MR) is 90.0 cm³/mol. The minimum atomic E-state index is -0.0902. The van der Waals surface area contributed by atoms with E-state index < -0.39 is 0 Å². The highest BCUT2D eigenvalue weighted by Gasteiger charge is 2.02. The van der Waals surface area contributed by atoms with Crippen molar-refractivity contribution in [2.75, 3.05) is 7.11 Å². The van der Waals surface area contributed by atoms with Gasteiger partial charge in [0.25, 0.3) is 0 Å². The first-order valence-electron chi connectivity index (χ1n) is 8.90. The third kappa shape index (κ3) is 8.91. The summed E-state index contributed by atoms with van der Waals surface area (Å²) >= 11 is 0. The Balaban J connectivity index is 1.97. The number of ether oxygens (including phenoxy) is 1. The molecule has 1 aromatic heterocycles. The van der Waals surface area contributed by atoms with Crippen LogP contribution in [0.3, 0.4) is 0 Å². The lowest BCUT2D eigenvalue weighted by Crippen LogP contribution is -1.99. The number of aryl methyl sites for hydroxylation is 2. The van der Waals surface area contributed by atoms with E-state index in [0.29, 0.717) is 6.42 Å². The second-order valence-electron chi connectivity index (χ2n) is 6.02. The number of unbranched alkanes of at least 4 members (excludes halogenated alkanes) is 7. The van der Waals surface area contributed by atoms with Crippen LogP contribution in [-0.4, -0.2) is 13.1 Å². The topological polar surface area (TPSA) is 39.4 Å². The van der Waals surface area contributed by atoms with Gasteiger partial charge in [-0.15, -0.1) is 0 Å². The first kappa shape index (κ1) is 18.8. The first-order chi connectivity index (χ1) is 10.8. The molecule has 0 fully saturated rings. The molecule has 0 aliphatic rings. The van der Waals surface area contributed by atoms with Crippen LogP contribution in [-0.2, 0) is 22.4 Å². The van der Waals surface area contributed by atoms with Gasteiger partial charge >= 0.3 is 5.97 Å². The number of carbonyl (C=O) groups excluding carboxylic acids is 1. The van der Waals surface area contributed by atoms with Gasteiger partial charge in [-0.05, 0) is 31.4 Å². The Hall–Kier alpha value is -1.25. The Morgan fingerprint density at radius 2 is 1.45 bits per heavy atom. The molecule has 3 heteroatoms. The predicted octanol–water partition coefficient (Wildman–Crippen LogP) is 5.46. The summed E-state index contributed by atoms with van der Waals surface area (Å²) in [5.74, 6) is 2.19. The normalized spacial score (nSPS) is 10.8. The summed E-state index contributed by atoms with van der Waals surface area (Å²) in [6.45, 7) is 2.23. The molecule has 3 nitrogen and oxygen atoms in total. The number of hydrogen-bond acceptors (Lipinski definition) is 3. The third-order valence-electron chi connectivity index (χ3n) is 4.03. The molecule has 1 heterocycles. The Bertz CT molecular complexity index is 395. The van der Waals surface area contributed by atoms with Gasteiger partial charge in [-0.3, -0.25) is 4.79 Å². The van der Waals surface area contributed by atoms with Crippen LogP contribution in [0.1, 0.15) is 82.7 Å². The highest BCUT2D eigenvalue weighted by Crippen LogP contribution is 2.15. The molecule has 0 amide bonds. The summed E-state index contributed by atoms with van der Waals surface area (Å²) in [4.78, 5) is 11.0. The summed E-state index contributed by atoms with van der Waals surface area (Å²) in [7, 11) is 1.45. The van der Waals surface area contributed by atoms with E-state index in [1.165, 1.54) is 52.1 Å². The van der Waals surface area contributed by atoms with E-state index in [0.717, 1.165) is 37.2 Å². The number of hydrogen-bond donors (Lipinski definition) is 0. The molecule has 0 N–H and O–H groups in total. The molecule has 1 rings (SSSR count). The zero-order valence-electron chi connectivity index (χ0n) is 14.4. The van der Waals surface area contributed by atoms with Gasteiger partial charge in [-0.1, -0.05) is 45.4 Å². The molecule has 0 bridgehead atoms. The molecule has 0 saturated heterocycles. The van der Waals surface area contributed by atoms with Crippen LogP contribution in [0.2, 0.25) is 0 Å². The zero-order valence-corrected chi connectivity index (χ0v) is 14.4. The number of esters is 1. The van der Waals surface area contributed by atoms with Crippen LogP contribution in [0.25, 0.3) is 0 Å². The van der Waals surface area contributed by atoms with Crippen molar-refractivity contribution >= 4 is 5.97 Å². The SMILES string of the molecule is CCCCCc1ccc(CCCCCCCCC(=O)OC)o1. The van der Waals surface area contributed by atoms with Crippen molar-refractivity contribution in [3.8, 4) is 0 Å². The van der Waals surface area contributed by atoms with Crippen LogP contribution in [0.4, 0.5) is 0 Å². The van der Waals surface area contributed by atoms with Gasteiger partial charge in [0.05, 0.1) is 7.11 Å². The van der Waals surface area contributed by atoms with E-state index in [-0.39, 0.29) is 5.97 Å². The van der Waals surface area contributed by atoms with Crippen molar-refractivity contribution in [1.82, 2.24) is 0 Å². The highest BCUT2D eigenvalue weighted by molar-refractivity contribution is 5.68. The lowest BCUT2D eigenvalue weighted by Gasteiger charge is -2.01. The second-order valence-corrected chi connectivity index (χ2v) is 6.02. The van der Waals surface area contributed by atoms with E-state index in [4.69, 9.17) is 4.42 Å². The van der Waals surface area contributed by atoms with Gasteiger partial charge < -0.3 is 9.15 Å². The van der Waals surface area contributed by atoms with Crippen LogP contribution in [0, 0.1) is 0 Å². The molecule has 22 heavy (non-hydrogen) atoms. The van der Waals surface area contributed by atoms with Crippen LogP contribution in [0.5, 0.6) is 0 Å². The fourth-order valence-corrected chi connectivity index (χ4v) is 2.62. The number of furan rings is 1. The summed E-state index contributed by atoms with van der Waals surface area (Å²) in [6.07, 6.45) is 13.4. The molecule has 0 unspecified atom stereocenters. The molecule has 0 aliphatic heterocycles. The molecule has 0 aliphatic carbocycles. The van der Waals surface area contributed by atoms with E-state index in [1.807, 2.05) is 0 Å². The smallest absolute Gasteiger partial charge is 0.305 e. The van der Waals surface area contributed by atoms with Crippen LogP contribution in [0.15, 0.2) is 16.5 Å². The van der Waals surface area contributed by atoms with Crippen molar-refractivity contribution < 1.29 is 13.9 Å². The molecule has 0 aromatic carbocycles. The fraction of sp³-hybridized carbons (Fsp3) is 0.737. The number of methoxy groups -OCH3 is 1. The monoisotopic (exact) mass is 308 g/mol. The van der Waals surface area contributed by atoms with E-state index in [9.17, 15) is 4.79 Å². The van der Waals surface area contributed by atoms with Gasteiger partial charge in [-0.25, -0.2) is 0 Å². The third-order valence-corrected chi connectivity index (χ3v) is 4.03. The average Bonchev–Trinajstić information content (AvgIpc) is 2.97. The molecule has 0 atom stereocenters. The molecular weight excluding hydrogens is 276 g/mol. The maximum atomic E-state index is 11.0. The Morgan fingerprint density at radius 1 is 0.909 bits per heavy atom. The minimum Gasteiger partial charge on any atom is -0.469 e. The van der Waals surface area contributed by atoms with Gasteiger partial charge in [0, 0.05) is 19.3 Å². The van der Waals surface area contributed by atoms with Crippen LogP contribution < -0.4 is 0 Å². The fourth-order valence-electron chi connectivity index (χ4n) is 2.62. The van der Waals surface area contributed by atoms with Crippen LogP contribution >= 0.6 is 0 Å². The molecule has 1 aromatic rings. The zero-order chi connectivity index (χ0) is 16.0. The maximum Gasteiger partial charge on any atom is 0.305 e. The van der Waals surface area contributed by atoms with Gasteiger partial charge in [0.1, 0.15) is 11.5 Å². The van der Waals surface area contributed by atoms with Crippen molar-refractivity contribution in [3.05, 3.63) is 23.7 Å². The van der Waals surface area contributed by atoms with Gasteiger partial charge in [0.15, 0.2) is 0 Å². The molecule has 0 saturated carbocycles. The molecule has 0 radical (unpaired) electrons. The minimum absolute atomic E-state index is 0.0902. The first-order valence-corrected chi connectivity index (χ1v) is 8.90. The lowest BCUT2D eigenvalue weighted by atomic mass is 10.1. The number of carbonyl (C=O) groups is 1. The Morgan fingerprint density at radius 3 is 2.05 bits per heavy atom. The van der Waals surface area contributed by atoms with Gasteiger partial charge in [-0.2, -0.15) is 0 Å². The quantitative estimate of drug-likeness (QED) is 0.359. The Kier molecular flexibility index (Phi) is 10.5. The van der Waals surface area contributed by atoms with Crippen molar-refractivity contribution in [2.24, 2.45) is 0 Å². The van der Waals surface area contributed by atoms with E-state index in [2.05, 4.69) is 23.8 Å². The number of rotatable bonds is 13. The molecule has 0 spiro atoms. The molecular formula is C19H32O3. The highest BCUT2D eigenvalue weighted by atomic mass is 16.5. The lowest BCUT2D eigenvalue weighted by molar-refractivity contribution is -0.140. The average molecular weight is 308 g/mol. The van der Waals surface area contributed by atoms with Crippen molar-refractivity contribution in [1.29, 1.82) is 0 Å². The summed E-state index contributed by atoms with van der Waals surface area (Å²) in [5.41, 5.74) is 0. The maximum absolute atomic E-state index is 11.0. The van der Waals surface area contributed by atoms with E-state index in [1.54, 1.807) is 0 Å². The van der Waals surface area contributed by atoms with E-state index >= 15 is 0 Å². The summed E-state index contributed by atoms with van der Waals surface area (Å²) in [6, 6.07) is 4.27.